The number of nitrogens with one attached hydrogen (secondary N) is 1. The molecule has 0 heterocycles. The largest absolute Gasteiger partial charge is 0.214 e. The smallest absolute Gasteiger partial charge is 0.208 e. The highest BCUT2D eigenvalue weighted by atomic mass is 35.5. The molecule has 1 atom stereocenters. The molecule has 0 aliphatic heterocycles. The maximum absolute atomic E-state index is 10.6. The molecule has 0 aliphatic rings. The fraction of sp³-hybridized carbons (Fsp3) is 1.00. The van der Waals surface area contributed by atoms with Gasteiger partial charge in [0.25, 0.3) is 0 Å². The van der Waals surface area contributed by atoms with Crippen molar-refractivity contribution in [2.45, 2.75) is 19.2 Å². The standard InChI is InChI=1S/C6H14ClNO2S/c1-5(2)6(7)4-8-11(3,9)10/h5-6,8H,4H2,1-3H3. The lowest BCUT2D eigenvalue weighted by molar-refractivity contribution is 0.560. The number of rotatable bonds is 4. The molecule has 0 saturated carbocycles. The summed E-state index contributed by atoms with van der Waals surface area (Å²) in [5.74, 6) is 0.283. The average Bonchev–Trinajstić information content (AvgIpc) is 1.80. The monoisotopic (exact) mass is 199 g/mol. The van der Waals surface area contributed by atoms with E-state index in [1.807, 2.05) is 13.8 Å². The van der Waals surface area contributed by atoms with Gasteiger partial charge in [-0.15, -0.1) is 11.6 Å². The molecule has 0 amide bonds. The molecule has 0 spiro atoms. The minimum absolute atomic E-state index is 0.135. The van der Waals surface area contributed by atoms with Gasteiger partial charge in [-0.3, -0.25) is 0 Å². The molecule has 1 N–H and O–H groups in total. The molecule has 0 aromatic rings. The van der Waals surface area contributed by atoms with Gasteiger partial charge in [0.15, 0.2) is 0 Å². The molecule has 0 aliphatic carbocycles. The Balaban J connectivity index is 3.72. The van der Waals surface area contributed by atoms with Crippen molar-refractivity contribution in [1.82, 2.24) is 4.72 Å². The van der Waals surface area contributed by atoms with Crippen LogP contribution in [0.5, 0.6) is 0 Å². The minimum atomic E-state index is -3.09. The van der Waals surface area contributed by atoms with Crippen molar-refractivity contribution in [3.05, 3.63) is 0 Å². The summed E-state index contributed by atoms with van der Waals surface area (Å²) in [5.41, 5.74) is 0. The topological polar surface area (TPSA) is 46.2 Å². The van der Waals surface area contributed by atoms with Gasteiger partial charge < -0.3 is 0 Å². The van der Waals surface area contributed by atoms with Crippen LogP contribution >= 0.6 is 11.6 Å². The second-order valence-corrected chi connectivity index (χ2v) is 5.27. The van der Waals surface area contributed by atoms with Gasteiger partial charge in [-0.2, -0.15) is 0 Å². The maximum atomic E-state index is 10.6. The highest BCUT2D eigenvalue weighted by Gasteiger charge is 2.11. The first-order valence-electron chi connectivity index (χ1n) is 3.41. The summed E-state index contributed by atoms with van der Waals surface area (Å²) < 4.78 is 23.5. The Morgan fingerprint density at radius 3 is 2.18 bits per heavy atom. The molecule has 0 saturated heterocycles. The van der Waals surface area contributed by atoms with E-state index in [0.29, 0.717) is 6.54 Å². The first-order chi connectivity index (χ1) is 4.83. The van der Waals surface area contributed by atoms with Gasteiger partial charge >= 0.3 is 0 Å². The highest BCUT2D eigenvalue weighted by Crippen LogP contribution is 2.07. The summed E-state index contributed by atoms with van der Waals surface area (Å²) in [5, 5.41) is -0.135. The third-order valence-corrected chi connectivity index (χ3v) is 2.61. The van der Waals surface area contributed by atoms with Crippen molar-refractivity contribution >= 4 is 21.6 Å². The second kappa shape index (κ2) is 4.28. The lowest BCUT2D eigenvalue weighted by atomic mass is 10.1. The summed E-state index contributed by atoms with van der Waals surface area (Å²) in [6.45, 7) is 4.20. The number of hydrogen-bond donors (Lipinski definition) is 1. The Kier molecular flexibility index (Phi) is 4.36. The molecule has 0 aromatic carbocycles. The Bertz CT molecular complexity index is 201. The van der Waals surface area contributed by atoms with Crippen LogP contribution in [0.15, 0.2) is 0 Å². The van der Waals surface area contributed by atoms with Gasteiger partial charge in [0.1, 0.15) is 0 Å². The van der Waals surface area contributed by atoms with E-state index in [4.69, 9.17) is 11.6 Å². The summed E-state index contributed by atoms with van der Waals surface area (Å²) in [7, 11) is -3.09. The number of halogens is 1. The van der Waals surface area contributed by atoms with Crippen LogP contribution in [0.4, 0.5) is 0 Å². The lowest BCUT2D eigenvalue weighted by Crippen LogP contribution is -2.31. The Hall–Kier alpha value is 0.200. The van der Waals surface area contributed by atoms with Crippen LogP contribution < -0.4 is 4.72 Å². The molecule has 0 bridgehead atoms. The van der Waals surface area contributed by atoms with E-state index in [1.165, 1.54) is 0 Å². The van der Waals surface area contributed by atoms with Gasteiger partial charge in [0.2, 0.25) is 10.0 Å². The zero-order chi connectivity index (χ0) is 9.07. The zero-order valence-corrected chi connectivity index (χ0v) is 8.54. The molecule has 0 aromatic heterocycles. The van der Waals surface area contributed by atoms with E-state index >= 15 is 0 Å². The molecule has 0 fully saturated rings. The maximum Gasteiger partial charge on any atom is 0.208 e. The fourth-order valence-corrected chi connectivity index (χ4v) is 1.12. The lowest BCUT2D eigenvalue weighted by Gasteiger charge is -2.12. The molecule has 5 heteroatoms. The van der Waals surface area contributed by atoms with E-state index in [9.17, 15) is 8.42 Å². The number of sulfonamides is 1. The summed E-state index contributed by atoms with van der Waals surface area (Å²) in [6.07, 6.45) is 1.12. The Morgan fingerprint density at radius 2 is 1.91 bits per heavy atom. The zero-order valence-electron chi connectivity index (χ0n) is 6.96. The normalized spacial score (nSPS) is 15.4. The molecular weight excluding hydrogens is 186 g/mol. The van der Waals surface area contributed by atoms with Crippen LogP contribution in [0.3, 0.4) is 0 Å². The molecule has 0 radical (unpaired) electrons. The first kappa shape index (κ1) is 11.2. The second-order valence-electron chi connectivity index (χ2n) is 2.88. The Morgan fingerprint density at radius 1 is 1.45 bits per heavy atom. The number of alkyl halides is 1. The van der Waals surface area contributed by atoms with E-state index in [1.54, 1.807) is 0 Å². The summed E-state index contributed by atoms with van der Waals surface area (Å²) >= 11 is 5.79. The van der Waals surface area contributed by atoms with Gasteiger partial charge in [-0.05, 0) is 5.92 Å². The summed E-state index contributed by atoms with van der Waals surface area (Å²) in [6, 6.07) is 0. The summed E-state index contributed by atoms with van der Waals surface area (Å²) in [4.78, 5) is 0. The van der Waals surface area contributed by atoms with Crippen LogP contribution in [0.1, 0.15) is 13.8 Å². The van der Waals surface area contributed by atoms with Crippen LogP contribution in [0.25, 0.3) is 0 Å². The Labute approximate surface area is 73.2 Å². The third kappa shape index (κ3) is 6.59. The SMILES string of the molecule is CC(C)C(Cl)CNS(C)(=O)=O. The molecule has 68 valence electrons. The molecule has 0 rings (SSSR count). The van der Waals surface area contributed by atoms with E-state index in [2.05, 4.69) is 4.72 Å². The van der Waals surface area contributed by atoms with Crippen LogP contribution in [-0.4, -0.2) is 26.6 Å². The predicted molar refractivity (Wildman–Crippen MR) is 47.3 cm³/mol. The quantitative estimate of drug-likeness (QED) is 0.681. The van der Waals surface area contributed by atoms with Crippen molar-refractivity contribution in [1.29, 1.82) is 0 Å². The highest BCUT2D eigenvalue weighted by molar-refractivity contribution is 7.88. The molecule has 3 nitrogen and oxygen atoms in total. The van der Waals surface area contributed by atoms with Crippen LogP contribution in [-0.2, 0) is 10.0 Å². The van der Waals surface area contributed by atoms with Crippen molar-refractivity contribution in [3.8, 4) is 0 Å². The van der Waals surface area contributed by atoms with Crippen molar-refractivity contribution in [3.63, 3.8) is 0 Å². The van der Waals surface area contributed by atoms with Gasteiger partial charge in [0, 0.05) is 11.9 Å². The molecule has 1 unspecified atom stereocenters. The van der Waals surface area contributed by atoms with Crippen molar-refractivity contribution in [2.24, 2.45) is 5.92 Å². The molecule has 11 heavy (non-hydrogen) atoms. The number of hydrogen-bond acceptors (Lipinski definition) is 2. The van der Waals surface area contributed by atoms with Crippen LogP contribution in [0.2, 0.25) is 0 Å². The third-order valence-electron chi connectivity index (χ3n) is 1.26. The average molecular weight is 200 g/mol. The van der Waals surface area contributed by atoms with E-state index in [0.717, 1.165) is 6.26 Å². The van der Waals surface area contributed by atoms with Crippen LogP contribution in [0, 0.1) is 5.92 Å². The van der Waals surface area contributed by atoms with E-state index in [-0.39, 0.29) is 11.3 Å². The first-order valence-corrected chi connectivity index (χ1v) is 5.74. The molecular formula is C6H14ClNO2S. The minimum Gasteiger partial charge on any atom is -0.214 e. The predicted octanol–water partition coefficient (Wildman–Crippen LogP) is 0.799. The van der Waals surface area contributed by atoms with Gasteiger partial charge in [0.05, 0.1) is 6.26 Å². The van der Waals surface area contributed by atoms with Crippen molar-refractivity contribution < 1.29 is 8.42 Å². The van der Waals surface area contributed by atoms with E-state index < -0.39 is 10.0 Å². The van der Waals surface area contributed by atoms with Gasteiger partial charge in [-0.25, -0.2) is 13.1 Å². The van der Waals surface area contributed by atoms with Crippen molar-refractivity contribution in [2.75, 3.05) is 12.8 Å². The fourth-order valence-electron chi connectivity index (χ4n) is 0.467. The van der Waals surface area contributed by atoms with Gasteiger partial charge in [-0.1, -0.05) is 13.8 Å².